The Morgan fingerprint density at radius 3 is 2.90 bits per heavy atom. The third-order valence-corrected chi connectivity index (χ3v) is 4.79. The number of aryl methyl sites for hydroxylation is 1. The van der Waals surface area contributed by atoms with Gasteiger partial charge in [-0.15, -0.1) is 0 Å². The third-order valence-electron chi connectivity index (χ3n) is 4.79. The molecule has 3 rings (SSSR count). The summed E-state index contributed by atoms with van der Waals surface area (Å²) >= 11 is 0. The van der Waals surface area contributed by atoms with E-state index in [4.69, 9.17) is 4.74 Å². The van der Waals surface area contributed by atoms with Gasteiger partial charge >= 0.3 is 0 Å². The topological polar surface area (TPSA) is 49.8 Å². The fourth-order valence-electron chi connectivity index (χ4n) is 3.57. The summed E-state index contributed by atoms with van der Waals surface area (Å²) < 4.78 is 5.52. The van der Waals surface area contributed by atoms with E-state index in [1.54, 1.807) is 0 Å². The first-order valence-corrected chi connectivity index (χ1v) is 7.81. The van der Waals surface area contributed by atoms with Crippen molar-refractivity contribution in [3.63, 3.8) is 0 Å². The molecule has 3 atom stereocenters. The molecule has 1 aromatic carbocycles. The molecule has 1 N–H and O–H groups in total. The molecule has 1 aromatic rings. The van der Waals surface area contributed by atoms with Gasteiger partial charge in [0.05, 0.1) is 12.7 Å². The molecular weight excluding hydrogens is 266 g/mol. The number of amides is 1. The number of likely N-dealkylation sites (tertiary alicyclic amines) is 1. The highest BCUT2D eigenvalue weighted by Gasteiger charge is 2.39. The molecule has 2 heterocycles. The summed E-state index contributed by atoms with van der Waals surface area (Å²) in [5, 5.41) is 10.2. The SMILES string of the molecule is Cc1ccccc1C(=O)N1CCC[C@@H]1[C@@H]1COCC[C@H]1O. The van der Waals surface area contributed by atoms with Crippen molar-refractivity contribution in [3.8, 4) is 0 Å². The molecule has 2 saturated heterocycles. The number of carbonyl (C=O) groups is 1. The maximum absolute atomic E-state index is 12.8. The Morgan fingerprint density at radius 1 is 1.33 bits per heavy atom. The lowest BCUT2D eigenvalue weighted by molar-refractivity contribution is -0.0589. The molecule has 21 heavy (non-hydrogen) atoms. The summed E-state index contributed by atoms with van der Waals surface area (Å²) in [7, 11) is 0. The second kappa shape index (κ2) is 6.16. The average molecular weight is 289 g/mol. The molecule has 0 radical (unpaired) electrons. The Hall–Kier alpha value is -1.39. The zero-order chi connectivity index (χ0) is 14.8. The van der Waals surface area contributed by atoms with Crippen molar-refractivity contribution in [3.05, 3.63) is 35.4 Å². The number of aliphatic hydroxyl groups excluding tert-OH is 1. The lowest BCUT2D eigenvalue weighted by atomic mass is 9.89. The summed E-state index contributed by atoms with van der Waals surface area (Å²) in [6.45, 7) is 3.93. The highest BCUT2D eigenvalue weighted by Crippen LogP contribution is 2.31. The van der Waals surface area contributed by atoms with E-state index in [2.05, 4.69) is 0 Å². The number of benzene rings is 1. The summed E-state index contributed by atoms with van der Waals surface area (Å²) in [6, 6.07) is 7.82. The number of carbonyl (C=O) groups excluding carboxylic acids is 1. The molecule has 0 unspecified atom stereocenters. The summed E-state index contributed by atoms with van der Waals surface area (Å²) in [5.41, 5.74) is 1.78. The van der Waals surface area contributed by atoms with Crippen molar-refractivity contribution < 1.29 is 14.6 Å². The van der Waals surface area contributed by atoms with Crippen molar-refractivity contribution in [2.24, 2.45) is 5.92 Å². The summed E-state index contributed by atoms with van der Waals surface area (Å²) in [6.07, 6.45) is 2.29. The van der Waals surface area contributed by atoms with Gasteiger partial charge in [0.25, 0.3) is 5.91 Å². The van der Waals surface area contributed by atoms with Gasteiger partial charge in [-0.3, -0.25) is 4.79 Å². The van der Waals surface area contributed by atoms with Crippen LogP contribution in [0, 0.1) is 12.8 Å². The van der Waals surface area contributed by atoms with Crippen LogP contribution in [0.3, 0.4) is 0 Å². The standard InChI is InChI=1S/C17H23NO3/c1-12-5-2-3-6-13(12)17(20)18-9-4-7-15(18)14-11-21-10-8-16(14)19/h2-3,5-6,14-16,19H,4,7-11H2,1H3/t14-,15+,16+/m0/s1. The summed E-state index contributed by atoms with van der Waals surface area (Å²) in [5.74, 6) is 0.141. The van der Waals surface area contributed by atoms with E-state index < -0.39 is 0 Å². The predicted molar refractivity (Wildman–Crippen MR) is 80.2 cm³/mol. The van der Waals surface area contributed by atoms with E-state index in [0.29, 0.717) is 19.6 Å². The molecule has 0 aliphatic carbocycles. The van der Waals surface area contributed by atoms with E-state index in [1.807, 2.05) is 36.1 Å². The first-order chi connectivity index (χ1) is 10.2. The van der Waals surface area contributed by atoms with Crippen LogP contribution in [0.15, 0.2) is 24.3 Å². The van der Waals surface area contributed by atoms with E-state index in [1.165, 1.54) is 0 Å². The highest BCUT2D eigenvalue weighted by atomic mass is 16.5. The molecule has 0 saturated carbocycles. The fourth-order valence-corrected chi connectivity index (χ4v) is 3.57. The number of hydrogen-bond acceptors (Lipinski definition) is 3. The number of ether oxygens (including phenoxy) is 1. The molecular formula is C17H23NO3. The second-order valence-electron chi connectivity index (χ2n) is 6.12. The number of rotatable bonds is 2. The molecule has 4 nitrogen and oxygen atoms in total. The van der Waals surface area contributed by atoms with Gasteiger partial charge in [0.15, 0.2) is 0 Å². The number of aliphatic hydroxyl groups is 1. The molecule has 2 aliphatic heterocycles. The van der Waals surface area contributed by atoms with Crippen LogP contribution in [0.5, 0.6) is 0 Å². The van der Waals surface area contributed by atoms with Gasteiger partial charge in [-0.2, -0.15) is 0 Å². The van der Waals surface area contributed by atoms with Crippen LogP contribution in [0.4, 0.5) is 0 Å². The highest BCUT2D eigenvalue weighted by molar-refractivity contribution is 5.96. The van der Waals surface area contributed by atoms with Gasteiger partial charge in [-0.1, -0.05) is 18.2 Å². The smallest absolute Gasteiger partial charge is 0.254 e. The van der Waals surface area contributed by atoms with E-state index >= 15 is 0 Å². The minimum Gasteiger partial charge on any atom is -0.393 e. The fraction of sp³-hybridized carbons (Fsp3) is 0.588. The minimum atomic E-state index is -0.353. The zero-order valence-corrected chi connectivity index (χ0v) is 12.5. The Balaban J connectivity index is 1.80. The maximum Gasteiger partial charge on any atom is 0.254 e. The molecule has 4 heteroatoms. The summed E-state index contributed by atoms with van der Waals surface area (Å²) in [4.78, 5) is 14.8. The van der Waals surface area contributed by atoms with Crippen LogP contribution in [0.2, 0.25) is 0 Å². The van der Waals surface area contributed by atoms with E-state index in [9.17, 15) is 9.90 Å². The Morgan fingerprint density at radius 2 is 2.14 bits per heavy atom. The zero-order valence-electron chi connectivity index (χ0n) is 12.5. The van der Waals surface area contributed by atoms with Crippen LogP contribution >= 0.6 is 0 Å². The lowest BCUT2D eigenvalue weighted by Gasteiger charge is -2.37. The van der Waals surface area contributed by atoms with E-state index in [-0.39, 0.29) is 24.0 Å². The Bertz CT molecular complexity index is 517. The van der Waals surface area contributed by atoms with Crippen molar-refractivity contribution in [2.75, 3.05) is 19.8 Å². The molecule has 2 fully saturated rings. The van der Waals surface area contributed by atoms with Crippen LogP contribution in [0.25, 0.3) is 0 Å². The Kier molecular flexibility index (Phi) is 4.27. The third kappa shape index (κ3) is 2.83. The van der Waals surface area contributed by atoms with Crippen LogP contribution < -0.4 is 0 Å². The van der Waals surface area contributed by atoms with Crippen molar-refractivity contribution in [1.29, 1.82) is 0 Å². The number of nitrogens with zero attached hydrogens (tertiary/aromatic N) is 1. The van der Waals surface area contributed by atoms with Gasteiger partial charge in [-0.25, -0.2) is 0 Å². The molecule has 0 aromatic heterocycles. The van der Waals surface area contributed by atoms with Crippen molar-refractivity contribution in [2.45, 2.75) is 38.3 Å². The molecule has 0 spiro atoms. The first-order valence-electron chi connectivity index (χ1n) is 7.81. The monoisotopic (exact) mass is 289 g/mol. The molecule has 1 amide bonds. The van der Waals surface area contributed by atoms with E-state index in [0.717, 1.165) is 30.5 Å². The van der Waals surface area contributed by atoms with Crippen molar-refractivity contribution in [1.82, 2.24) is 4.90 Å². The van der Waals surface area contributed by atoms with Crippen molar-refractivity contribution >= 4 is 5.91 Å². The molecule has 0 bridgehead atoms. The minimum absolute atomic E-state index is 0.0502. The molecule has 2 aliphatic rings. The molecule has 114 valence electrons. The predicted octanol–water partition coefficient (Wildman–Crippen LogP) is 2.00. The number of hydrogen-bond donors (Lipinski definition) is 1. The van der Waals surface area contributed by atoms with Crippen LogP contribution in [0.1, 0.15) is 35.2 Å². The van der Waals surface area contributed by atoms with Gasteiger partial charge in [0, 0.05) is 30.7 Å². The maximum atomic E-state index is 12.8. The average Bonchev–Trinajstić information content (AvgIpc) is 2.97. The normalized spacial score (nSPS) is 29.6. The quantitative estimate of drug-likeness (QED) is 0.906. The largest absolute Gasteiger partial charge is 0.393 e. The lowest BCUT2D eigenvalue weighted by Crippen LogP contribution is -2.48. The van der Waals surface area contributed by atoms with Crippen LogP contribution in [-0.4, -0.2) is 47.8 Å². The van der Waals surface area contributed by atoms with Gasteiger partial charge in [0.2, 0.25) is 0 Å². The van der Waals surface area contributed by atoms with Gasteiger partial charge in [0.1, 0.15) is 0 Å². The second-order valence-corrected chi connectivity index (χ2v) is 6.12. The Labute approximate surface area is 125 Å². The first kappa shape index (κ1) is 14.5. The van der Waals surface area contributed by atoms with Crippen LogP contribution in [-0.2, 0) is 4.74 Å². The van der Waals surface area contributed by atoms with Gasteiger partial charge < -0.3 is 14.7 Å². The van der Waals surface area contributed by atoms with Gasteiger partial charge in [-0.05, 0) is 37.8 Å².